The highest BCUT2D eigenvalue weighted by Gasteiger charge is 2.18. The standard InChI is InChI=1S/C79H153NO5/c1-3-5-7-9-11-13-15-17-19-20-21-37-40-44-47-51-55-59-63-67-71-77(82)76(75-81)80-78(83)72-68-64-60-56-52-48-45-41-38-35-33-31-29-27-25-23-22-24-26-28-30-32-34-36-39-42-46-50-54-58-62-66-70-74-85-79(84)73-69-65-61-57-53-49-43-18-16-14-12-10-8-6-4-2/h26,28,67,71,76-77,81-82H,3-25,27,29-66,68-70,72-75H2,1-2H3,(H,80,83)/b28-26-,71-67+. The Morgan fingerprint density at radius 3 is 0.835 bits per heavy atom. The van der Waals surface area contributed by atoms with E-state index in [2.05, 4.69) is 31.3 Å². The van der Waals surface area contributed by atoms with Crippen LogP contribution in [0.4, 0.5) is 0 Å². The van der Waals surface area contributed by atoms with Crippen molar-refractivity contribution in [2.75, 3.05) is 13.2 Å². The fourth-order valence-corrected chi connectivity index (χ4v) is 12.5. The van der Waals surface area contributed by atoms with Crippen molar-refractivity contribution in [1.29, 1.82) is 0 Å². The number of ether oxygens (including phenoxy) is 1. The van der Waals surface area contributed by atoms with Gasteiger partial charge in [0.2, 0.25) is 5.91 Å². The van der Waals surface area contributed by atoms with Crippen molar-refractivity contribution < 1.29 is 24.5 Å². The van der Waals surface area contributed by atoms with Gasteiger partial charge in [-0.25, -0.2) is 0 Å². The highest BCUT2D eigenvalue weighted by atomic mass is 16.5. The van der Waals surface area contributed by atoms with Crippen molar-refractivity contribution in [1.82, 2.24) is 5.32 Å². The molecule has 504 valence electrons. The predicted molar refractivity (Wildman–Crippen MR) is 375 cm³/mol. The van der Waals surface area contributed by atoms with Gasteiger partial charge in [0.1, 0.15) is 0 Å². The van der Waals surface area contributed by atoms with Crippen LogP contribution >= 0.6 is 0 Å². The average Bonchev–Trinajstić information content (AvgIpc) is 3.51. The van der Waals surface area contributed by atoms with E-state index in [1.165, 1.54) is 379 Å². The Balaban J connectivity index is 3.36. The lowest BCUT2D eigenvalue weighted by Gasteiger charge is -2.20. The van der Waals surface area contributed by atoms with Crippen molar-refractivity contribution in [3.8, 4) is 0 Å². The second-order valence-corrected chi connectivity index (χ2v) is 27.0. The first kappa shape index (κ1) is 83.3. The van der Waals surface area contributed by atoms with Crippen molar-refractivity contribution in [3.63, 3.8) is 0 Å². The molecule has 6 nitrogen and oxygen atoms in total. The highest BCUT2D eigenvalue weighted by molar-refractivity contribution is 5.76. The van der Waals surface area contributed by atoms with Crippen LogP contribution < -0.4 is 5.32 Å². The Morgan fingerprint density at radius 1 is 0.318 bits per heavy atom. The minimum Gasteiger partial charge on any atom is -0.466 e. The second-order valence-electron chi connectivity index (χ2n) is 27.0. The molecule has 0 saturated heterocycles. The number of esters is 1. The molecule has 0 aliphatic rings. The normalized spacial score (nSPS) is 12.6. The maximum atomic E-state index is 12.5. The quantitative estimate of drug-likeness (QED) is 0.0320. The van der Waals surface area contributed by atoms with E-state index in [9.17, 15) is 19.8 Å². The summed E-state index contributed by atoms with van der Waals surface area (Å²) in [5.74, 6) is -0.0380. The summed E-state index contributed by atoms with van der Waals surface area (Å²) in [4.78, 5) is 24.6. The molecule has 0 heterocycles. The van der Waals surface area contributed by atoms with Crippen molar-refractivity contribution in [2.45, 2.75) is 456 Å². The summed E-state index contributed by atoms with van der Waals surface area (Å²) in [5, 5.41) is 23.3. The zero-order chi connectivity index (χ0) is 61.3. The number of carbonyl (C=O) groups is 2. The van der Waals surface area contributed by atoms with Crippen molar-refractivity contribution >= 4 is 11.9 Å². The van der Waals surface area contributed by atoms with Crippen LogP contribution in [0.1, 0.15) is 444 Å². The van der Waals surface area contributed by atoms with Crippen LogP contribution in [-0.4, -0.2) is 47.4 Å². The number of hydrogen-bond acceptors (Lipinski definition) is 5. The molecule has 0 fully saturated rings. The third-order valence-electron chi connectivity index (χ3n) is 18.5. The Morgan fingerprint density at radius 2 is 0.553 bits per heavy atom. The lowest BCUT2D eigenvalue weighted by atomic mass is 10.0. The molecule has 0 spiro atoms. The van der Waals surface area contributed by atoms with E-state index in [0.29, 0.717) is 19.4 Å². The van der Waals surface area contributed by atoms with E-state index in [1.807, 2.05) is 6.08 Å². The largest absolute Gasteiger partial charge is 0.466 e. The first-order chi connectivity index (χ1) is 42.0. The summed E-state index contributed by atoms with van der Waals surface area (Å²) >= 11 is 0. The topological polar surface area (TPSA) is 95.9 Å². The third-order valence-corrected chi connectivity index (χ3v) is 18.5. The zero-order valence-corrected chi connectivity index (χ0v) is 57.9. The van der Waals surface area contributed by atoms with Gasteiger partial charge in [0.05, 0.1) is 25.4 Å². The van der Waals surface area contributed by atoms with E-state index in [0.717, 1.165) is 38.5 Å². The van der Waals surface area contributed by atoms with Crippen LogP contribution in [0.15, 0.2) is 24.3 Å². The summed E-state index contributed by atoms with van der Waals surface area (Å²) in [6.07, 6.45) is 95.8. The van der Waals surface area contributed by atoms with Gasteiger partial charge in [-0.2, -0.15) is 0 Å². The zero-order valence-electron chi connectivity index (χ0n) is 57.9. The Labute approximate surface area is 532 Å². The summed E-state index contributed by atoms with van der Waals surface area (Å²) in [6.45, 7) is 4.96. The maximum Gasteiger partial charge on any atom is 0.305 e. The Hall–Kier alpha value is -1.66. The van der Waals surface area contributed by atoms with Crippen LogP contribution in [0.3, 0.4) is 0 Å². The number of hydrogen-bond donors (Lipinski definition) is 3. The molecule has 0 rings (SSSR count). The molecule has 1 amide bonds. The van der Waals surface area contributed by atoms with Gasteiger partial charge in [-0.05, 0) is 57.8 Å². The molecule has 0 aliphatic carbocycles. The van der Waals surface area contributed by atoms with Gasteiger partial charge >= 0.3 is 5.97 Å². The van der Waals surface area contributed by atoms with Gasteiger partial charge < -0.3 is 20.3 Å². The number of unbranched alkanes of at least 4 members (excludes halogenated alkanes) is 61. The van der Waals surface area contributed by atoms with Crippen molar-refractivity contribution in [2.24, 2.45) is 0 Å². The van der Waals surface area contributed by atoms with Crippen LogP contribution in [-0.2, 0) is 14.3 Å². The summed E-state index contributed by atoms with van der Waals surface area (Å²) in [7, 11) is 0. The molecule has 6 heteroatoms. The second kappa shape index (κ2) is 74.8. The van der Waals surface area contributed by atoms with Crippen LogP contribution in [0.25, 0.3) is 0 Å². The lowest BCUT2D eigenvalue weighted by Crippen LogP contribution is -2.45. The van der Waals surface area contributed by atoms with Crippen LogP contribution in [0.2, 0.25) is 0 Å². The lowest BCUT2D eigenvalue weighted by molar-refractivity contribution is -0.143. The van der Waals surface area contributed by atoms with Crippen LogP contribution in [0.5, 0.6) is 0 Å². The molecule has 0 bridgehead atoms. The molecule has 0 aromatic carbocycles. The van der Waals surface area contributed by atoms with Gasteiger partial charge in [0.25, 0.3) is 0 Å². The fourth-order valence-electron chi connectivity index (χ4n) is 12.5. The minimum atomic E-state index is -0.843. The SMILES string of the molecule is CCCCCCCCCCCCCCCCCCCC/C=C/C(O)C(CO)NC(=O)CCCCCCCCCCCCCCCCCCC/C=C\CCCCCCCCCCCCCCOC(=O)CCCCCCCCCCCCCCCCC. The van der Waals surface area contributed by atoms with E-state index in [-0.39, 0.29) is 18.5 Å². The van der Waals surface area contributed by atoms with Gasteiger partial charge in [0, 0.05) is 12.8 Å². The van der Waals surface area contributed by atoms with E-state index >= 15 is 0 Å². The predicted octanol–water partition coefficient (Wildman–Crippen LogP) is 25.7. The molecule has 0 aliphatic heterocycles. The Kier molecular flexibility index (Phi) is 73.3. The molecule has 0 saturated carbocycles. The van der Waals surface area contributed by atoms with Gasteiger partial charge in [-0.3, -0.25) is 9.59 Å². The number of amides is 1. The number of nitrogens with one attached hydrogen (secondary N) is 1. The first-order valence-electron chi connectivity index (χ1n) is 39.1. The molecule has 0 aromatic heterocycles. The molecular weight excluding hydrogens is 1040 g/mol. The molecule has 0 radical (unpaired) electrons. The van der Waals surface area contributed by atoms with Crippen molar-refractivity contribution in [3.05, 3.63) is 24.3 Å². The number of carbonyl (C=O) groups excluding carboxylic acids is 2. The maximum absolute atomic E-state index is 12.5. The van der Waals surface area contributed by atoms with E-state index in [4.69, 9.17) is 4.74 Å². The van der Waals surface area contributed by atoms with Gasteiger partial charge in [-0.15, -0.1) is 0 Å². The molecule has 2 unspecified atom stereocenters. The molecule has 3 N–H and O–H groups in total. The van der Waals surface area contributed by atoms with Gasteiger partial charge in [-0.1, -0.05) is 398 Å². The average molecular weight is 1200 g/mol. The molecular formula is C79H153NO5. The van der Waals surface area contributed by atoms with Crippen LogP contribution in [0, 0.1) is 0 Å². The summed E-state index contributed by atoms with van der Waals surface area (Å²) < 4.78 is 5.50. The summed E-state index contributed by atoms with van der Waals surface area (Å²) in [6, 6.07) is -0.626. The summed E-state index contributed by atoms with van der Waals surface area (Å²) in [5.41, 5.74) is 0. The number of rotatable bonds is 74. The molecule has 0 aromatic rings. The molecule has 85 heavy (non-hydrogen) atoms. The van der Waals surface area contributed by atoms with E-state index in [1.54, 1.807) is 6.08 Å². The number of aliphatic hydroxyl groups is 2. The first-order valence-corrected chi connectivity index (χ1v) is 39.1. The van der Waals surface area contributed by atoms with E-state index < -0.39 is 12.1 Å². The number of aliphatic hydroxyl groups excluding tert-OH is 2. The fraction of sp³-hybridized carbons (Fsp3) is 0.924. The monoisotopic (exact) mass is 1200 g/mol. The Bertz CT molecular complexity index is 1330. The smallest absolute Gasteiger partial charge is 0.305 e. The van der Waals surface area contributed by atoms with Gasteiger partial charge in [0.15, 0.2) is 0 Å². The highest BCUT2D eigenvalue weighted by Crippen LogP contribution is 2.20. The molecule has 2 atom stereocenters. The number of allylic oxidation sites excluding steroid dienone is 3. The minimum absolute atomic E-state index is 0.0223. The third kappa shape index (κ3) is 71.3.